The zero-order chi connectivity index (χ0) is 8.84. The van der Waals surface area contributed by atoms with Crippen LogP contribution in [0.15, 0.2) is 39.4 Å². The van der Waals surface area contributed by atoms with Gasteiger partial charge in [-0.2, -0.15) is 0 Å². The van der Waals surface area contributed by atoms with Crippen LogP contribution in [0.5, 0.6) is 5.95 Å². The van der Waals surface area contributed by atoms with Crippen molar-refractivity contribution in [2.75, 3.05) is 0 Å². The fraction of sp³-hybridized carbons (Fsp3) is 0. The Bertz CT molecular complexity index is 526. The number of hydrogen-bond acceptors (Lipinski definition) is 3. The Balaban J connectivity index is 2.54. The molecule has 13 heavy (non-hydrogen) atoms. The van der Waals surface area contributed by atoms with Gasteiger partial charge in [-0.1, -0.05) is 0 Å². The van der Waals surface area contributed by atoms with Gasteiger partial charge in [-0.3, -0.25) is 0 Å². The highest BCUT2D eigenvalue weighted by molar-refractivity contribution is 5.93. The summed E-state index contributed by atoms with van der Waals surface area (Å²) >= 11 is 0. The molecule has 0 fully saturated rings. The number of benzene rings is 1. The summed E-state index contributed by atoms with van der Waals surface area (Å²) in [5.74, 6) is -0.0670. The van der Waals surface area contributed by atoms with E-state index in [2.05, 4.69) is 0 Å². The highest BCUT2D eigenvalue weighted by Crippen LogP contribution is 2.28. The smallest absolute Gasteiger partial charge is 0.282 e. The molecule has 0 aliphatic carbocycles. The van der Waals surface area contributed by atoms with Gasteiger partial charge in [0.15, 0.2) is 0 Å². The van der Waals surface area contributed by atoms with Crippen LogP contribution in [0, 0.1) is 0 Å². The summed E-state index contributed by atoms with van der Waals surface area (Å²) in [5.41, 5.74) is 1.47. The SMILES string of the molecule is Oc1cc2cc3occc3cc2o1. The van der Waals surface area contributed by atoms with Gasteiger partial charge in [0, 0.05) is 16.8 Å². The maximum absolute atomic E-state index is 9.10. The second kappa shape index (κ2) is 2.07. The van der Waals surface area contributed by atoms with E-state index in [0.717, 1.165) is 16.4 Å². The maximum Gasteiger partial charge on any atom is 0.282 e. The van der Waals surface area contributed by atoms with E-state index in [0.29, 0.717) is 5.58 Å². The van der Waals surface area contributed by atoms with Crippen LogP contribution in [0.3, 0.4) is 0 Å². The third kappa shape index (κ3) is 0.839. The minimum Gasteiger partial charge on any atom is -0.481 e. The summed E-state index contributed by atoms with van der Waals surface area (Å²) in [6.07, 6.45) is 1.63. The average molecular weight is 174 g/mol. The quantitative estimate of drug-likeness (QED) is 0.570. The molecule has 0 aliphatic heterocycles. The van der Waals surface area contributed by atoms with E-state index >= 15 is 0 Å². The Kier molecular flexibility index (Phi) is 1.05. The molecule has 2 heterocycles. The molecule has 3 aromatic rings. The van der Waals surface area contributed by atoms with Gasteiger partial charge in [0.25, 0.3) is 5.95 Å². The second-order valence-electron chi connectivity index (χ2n) is 2.93. The van der Waals surface area contributed by atoms with Crippen molar-refractivity contribution in [3.05, 3.63) is 30.5 Å². The van der Waals surface area contributed by atoms with Crippen LogP contribution in [0.4, 0.5) is 0 Å². The highest BCUT2D eigenvalue weighted by Gasteiger charge is 2.05. The largest absolute Gasteiger partial charge is 0.481 e. The van der Waals surface area contributed by atoms with E-state index in [1.54, 1.807) is 12.3 Å². The van der Waals surface area contributed by atoms with Gasteiger partial charge in [0.05, 0.1) is 6.26 Å². The van der Waals surface area contributed by atoms with Gasteiger partial charge in [0.1, 0.15) is 11.2 Å². The molecule has 0 amide bonds. The Morgan fingerprint density at radius 2 is 1.85 bits per heavy atom. The van der Waals surface area contributed by atoms with Gasteiger partial charge in [-0.15, -0.1) is 0 Å². The molecule has 3 heteroatoms. The first-order chi connectivity index (χ1) is 6.33. The summed E-state index contributed by atoms with van der Waals surface area (Å²) in [6, 6.07) is 7.10. The minimum absolute atomic E-state index is 0.0670. The Morgan fingerprint density at radius 3 is 2.77 bits per heavy atom. The third-order valence-corrected chi connectivity index (χ3v) is 2.08. The zero-order valence-electron chi connectivity index (χ0n) is 6.65. The molecule has 0 saturated carbocycles. The van der Waals surface area contributed by atoms with Crippen LogP contribution in [0.2, 0.25) is 0 Å². The van der Waals surface area contributed by atoms with Crippen molar-refractivity contribution in [3.8, 4) is 5.95 Å². The van der Waals surface area contributed by atoms with Crippen LogP contribution < -0.4 is 0 Å². The Hall–Kier alpha value is -1.90. The molecule has 3 nitrogen and oxygen atoms in total. The van der Waals surface area contributed by atoms with Crippen LogP contribution in [-0.2, 0) is 0 Å². The van der Waals surface area contributed by atoms with E-state index in [-0.39, 0.29) is 5.95 Å². The fourth-order valence-electron chi connectivity index (χ4n) is 1.48. The lowest BCUT2D eigenvalue weighted by atomic mass is 10.2. The number of rotatable bonds is 0. The van der Waals surface area contributed by atoms with Crippen molar-refractivity contribution < 1.29 is 13.9 Å². The van der Waals surface area contributed by atoms with E-state index in [1.807, 2.05) is 18.2 Å². The lowest BCUT2D eigenvalue weighted by molar-refractivity contribution is 0.346. The molecule has 2 aromatic heterocycles. The van der Waals surface area contributed by atoms with Crippen molar-refractivity contribution in [1.82, 2.24) is 0 Å². The molecule has 0 radical (unpaired) electrons. The topological polar surface area (TPSA) is 46.5 Å². The summed E-state index contributed by atoms with van der Waals surface area (Å²) in [7, 11) is 0. The van der Waals surface area contributed by atoms with Crippen molar-refractivity contribution in [2.24, 2.45) is 0 Å². The second-order valence-corrected chi connectivity index (χ2v) is 2.93. The molecule has 1 N–H and O–H groups in total. The predicted octanol–water partition coefficient (Wildman–Crippen LogP) is 2.88. The molecule has 0 atom stereocenters. The van der Waals surface area contributed by atoms with Crippen molar-refractivity contribution in [1.29, 1.82) is 0 Å². The Labute approximate surface area is 73.2 Å². The van der Waals surface area contributed by atoms with E-state index < -0.39 is 0 Å². The van der Waals surface area contributed by atoms with Gasteiger partial charge in [-0.25, -0.2) is 0 Å². The molecular weight excluding hydrogens is 168 g/mol. The standard InChI is InChI=1S/C10H6O3/c11-10-5-7-4-8-6(1-2-12-8)3-9(7)13-10/h1-5,11H. The Morgan fingerprint density at radius 1 is 1.00 bits per heavy atom. The maximum atomic E-state index is 9.10. The van der Waals surface area contributed by atoms with Gasteiger partial charge in [0.2, 0.25) is 0 Å². The molecule has 64 valence electrons. The van der Waals surface area contributed by atoms with Crippen LogP contribution >= 0.6 is 0 Å². The molecule has 0 aliphatic rings. The van der Waals surface area contributed by atoms with Crippen molar-refractivity contribution >= 4 is 21.9 Å². The summed E-state index contributed by atoms with van der Waals surface area (Å²) in [4.78, 5) is 0. The van der Waals surface area contributed by atoms with E-state index in [1.165, 1.54) is 0 Å². The monoisotopic (exact) mass is 174 g/mol. The average Bonchev–Trinajstić information content (AvgIpc) is 2.63. The van der Waals surface area contributed by atoms with Crippen LogP contribution in [-0.4, -0.2) is 5.11 Å². The number of hydrogen-bond donors (Lipinski definition) is 1. The lowest BCUT2D eigenvalue weighted by Crippen LogP contribution is -1.63. The zero-order valence-corrected chi connectivity index (χ0v) is 6.65. The molecule has 0 spiro atoms. The summed E-state index contributed by atoms with van der Waals surface area (Å²) < 4.78 is 10.3. The molecule has 0 saturated heterocycles. The highest BCUT2D eigenvalue weighted by atomic mass is 16.5. The number of aromatic hydroxyl groups is 1. The van der Waals surface area contributed by atoms with Crippen molar-refractivity contribution in [3.63, 3.8) is 0 Å². The number of fused-ring (bicyclic) bond motifs is 2. The molecule has 0 unspecified atom stereocenters. The number of furan rings is 2. The first-order valence-corrected chi connectivity index (χ1v) is 3.93. The first-order valence-electron chi connectivity index (χ1n) is 3.93. The summed E-state index contributed by atoms with van der Waals surface area (Å²) in [5, 5.41) is 10.9. The van der Waals surface area contributed by atoms with Crippen LogP contribution in [0.25, 0.3) is 21.9 Å². The molecule has 0 bridgehead atoms. The normalized spacial score (nSPS) is 11.4. The third-order valence-electron chi connectivity index (χ3n) is 2.08. The van der Waals surface area contributed by atoms with Gasteiger partial charge >= 0.3 is 0 Å². The minimum atomic E-state index is -0.0670. The van der Waals surface area contributed by atoms with E-state index in [9.17, 15) is 0 Å². The lowest BCUT2D eigenvalue weighted by Gasteiger charge is -1.87. The fourth-order valence-corrected chi connectivity index (χ4v) is 1.48. The molecule has 3 rings (SSSR count). The van der Waals surface area contributed by atoms with Crippen molar-refractivity contribution in [2.45, 2.75) is 0 Å². The van der Waals surface area contributed by atoms with E-state index in [4.69, 9.17) is 13.9 Å². The summed E-state index contributed by atoms with van der Waals surface area (Å²) in [6.45, 7) is 0. The van der Waals surface area contributed by atoms with Gasteiger partial charge in [-0.05, 0) is 18.2 Å². The van der Waals surface area contributed by atoms with Crippen LogP contribution in [0.1, 0.15) is 0 Å². The van der Waals surface area contributed by atoms with Gasteiger partial charge < -0.3 is 13.9 Å². The molecular formula is C10H6O3. The first kappa shape index (κ1) is 6.60. The predicted molar refractivity (Wildman–Crippen MR) is 47.7 cm³/mol. The molecule has 1 aromatic carbocycles.